The molecule has 6 heteroatoms. The van der Waals surface area contributed by atoms with Gasteiger partial charge in [0.05, 0.1) is 18.3 Å². The van der Waals surface area contributed by atoms with Gasteiger partial charge >= 0.3 is 0 Å². The van der Waals surface area contributed by atoms with E-state index in [2.05, 4.69) is 67.3 Å². The van der Waals surface area contributed by atoms with Gasteiger partial charge < -0.3 is 0 Å². The first-order valence-electron chi connectivity index (χ1n) is 8.40. The molecule has 126 valence electrons. The Morgan fingerprint density at radius 2 is 1.96 bits per heavy atom. The van der Waals surface area contributed by atoms with E-state index in [1.807, 2.05) is 35.5 Å². The molecule has 1 N–H and O–H groups in total. The van der Waals surface area contributed by atoms with Crippen LogP contribution in [0.4, 0.5) is 0 Å². The third-order valence-electron chi connectivity index (χ3n) is 4.43. The molecule has 0 amide bonds. The van der Waals surface area contributed by atoms with Gasteiger partial charge in [-0.25, -0.2) is 4.98 Å². The van der Waals surface area contributed by atoms with Crippen molar-refractivity contribution in [2.75, 3.05) is 0 Å². The lowest BCUT2D eigenvalue weighted by atomic mass is 10.1. The van der Waals surface area contributed by atoms with Crippen molar-refractivity contribution < 1.29 is 0 Å². The highest BCUT2D eigenvalue weighted by molar-refractivity contribution is 5.80. The third-order valence-corrected chi connectivity index (χ3v) is 4.43. The van der Waals surface area contributed by atoms with Crippen LogP contribution in [0.2, 0.25) is 0 Å². The maximum absolute atomic E-state index is 4.58. The van der Waals surface area contributed by atoms with E-state index in [0.717, 1.165) is 34.5 Å². The van der Waals surface area contributed by atoms with E-state index >= 15 is 0 Å². The highest BCUT2D eigenvalue weighted by atomic mass is 15.3. The van der Waals surface area contributed by atoms with E-state index in [-0.39, 0.29) is 0 Å². The summed E-state index contributed by atoms with van der Waals surface area (Å²) < 4.78 is 4.01. The van der Waals surface area contributed by atoms with Gasteiger partial charge in [-0.3, -0.25) is 14.3 Å². The summed E-state index contributed by atoms with van der Waals surface area (Å²) in [5.41, 5.74) is 4.32. The number of benzene rings is 2. The SMILES string of the molecule is c1cc(Cn2cccn2)cc(-c2nccn2-c2ccc3cn[nH]c3c2)c1. The largest absolute Gasteiger partial charge is 0.300 e. The molecular weight excluding hydrogens is 324 g/mol. The Kier molecular flexibility index (Phi) is 3.38. The minimum absolute atomic E-state index is 0.738. The Bertz CT molecular complexity index is 1170. The summed E-state index contributed by atoms with van der Waals surface area (Å²) in [4.78, 5) is 4.58. The third kappa shape index (κ3) is 2.57. The lowest BCUT2D eigenvalue weighted by Gasteiger charge is -2.10. The molecule has 0 radical (unpaired) electrons. The number of fused-ring (bicyclic) bond motifs is 1. The van der Waals surface area contributed by atoms with E-state index < -0.39 is 0 Å². The quantitative estimate of drug-likeness (QED) is 0.543. The maximum atomic E-state index is 4.58. The minimum atomic E-state index is 0.738. The molecule has 26 heavy (non-hydrogen) atoms. The second-order valence-electron chi connectivity index (χ2n) is 6.17. The second kappa shape index (κ2) is 6.00. The lowest BCUT2D eigenvalue weighted by molar-refractivity contribution is 0.687. The molecule has 6 nitrogen and oxygen atoms in total. The normalized spacial score (nSPS) is 11.2. The van der Waals surface area contributed by atoms with Crippen molar-refractivity contribution in [3.8, 4) is 17.1 Å². The van der Waals surface area contributed by atoms with Crippen molar-refractivity contribution in [1.82, 2.24) is 29.5 Å². The van der Waals surface area contributed by atoms with E-state index in [9.17, 15) is 0 Å². The van der Waals surface area contributed by atoms with Gasteiger partial charge in [-0.05, 0) is 35.9 Å². The molecule has 5 aromatic rings. The molecule has 2 aromatic carbocycles. The van der Waals surface area contributed by atoms with Crippen LogP contribution >= 0.6 is 0 Å². The van der Waals surface area contributed by atoms with Crippen molar-refractivity contribution in [2.45, 2.75) is 6.54 Å². The van der Waals surface area contributed by atoms with Crippen LogP contribution in [-0.4, -0.2) is 29.5 Å². The summed E-state index contributed by atoms with van der Waals surface area (Å²) in [6.45, 7) is 0.738. The van der Waals surface area contributed by atoms with Gasteiger partial charge in [0.25, 0.3) is 0 Å². The second-order valence-corrected chi connectivity index (χ2v) is 6.17. The molecule has 3 heterocycles. The summed E-state index contributed by atoms with van der Waals surface area (Å²) in [6, 6.07) is 16.6. The summed E-state index contributed by atoms with van der Waals surface area (Å²) >= 11 is 0. The van der Waals surface area contributed by atoms with Gasteiger partial charge in [0.1, 0.15) is 5.82 Å². The first kappa shape index (κ1) is 14.7. The van der Waals surface area contributed by atoms with E-state index in [1.54, 1.807) is 6.20 Å². The molecule has 0 saturated heterocycles. The van der Waals surface area contributed by atoms with Crippen molar-refractivity contribution in [1.29, 1.82) is 0 Å². The van der Waals surface area contributed by atoms with Crippen LogP contribution in [0.5, 0.6) is 0 Å². The van der Waals surface area contributed by atoms with Crippen LogP contribution in [0.25, 0.3) is 28.0 Å². The number of imidazole rings is 1. The van der Waals surface area contributed by atoms with E-state index in [0.29, 0.717) is 0 Å². The van der Waals surface area contributed by atoms with Crippen molar-refractivity contribution in [3.05, 3.63) is 85.1 Å². The maximum Gasteiger partial charge on any atom is 0.144 e. The minimum Gasteiger partial charge on any atom is -0.300 e. The first-order valence-corrected chi connectivity index (χ1v) is 8.40. The topological polar surface area (TPSA) is 64.3 Å². The Hall–Kier alpha value is -3.67. The monoisotopic (exact) mass is 340 g/mol. The van der Waals surface area contributed by atoms with Gasteiger partial charge in [0.2, 0.25) is 0 Å². The zero-order valence-corrected chi connectivity index (χ0v) is 13.9. The number of rotatable bonds is 4. The van der Waals surface area contributed by atoms with Gasteiger partial charge in [0, 0.05) is 41.4 Å². The highest BCUT2D eigenvalue weighted by Gasteiger charge is 2.09. The number of H-pyrrole nitrogens is 1. The highest BCUT2D eigenvalue weighted by Crippen LogP contribution is 2.24. The average Bonchev–Trinajstić information content (AvgIpc) is 3.42. The zero-order chi connectivity index (χ0) is 17.3. The molecule has 0 aliphatic carbocycles. The number of aromatic nitrogens is 6. The number of aromatic amines is 1. The van der Waals surface area contributed by atoms with Crippen molar-refractivity contribution in [2.24, 2.45) is 0 Å². The van der Waals surface area contributed by atoms with Gasteiger partial charge in [-0.15, -0.1) is 0 Å². The van der Waals surface area contributed by atoms with Crippen LogP contribution in [0, 0.1) is 0 Å². The predicted molar refractivity (Wildman–Crippen MR) is 100.0 cm³/mol. The predicted octanol–water partition coefficient (Wildman–Crippen LogP) is 3.66. The van der Waals surface area contributed by atoms with Crippen molar-refractivity contribution in [3.63, 3.8) is 0 Å². The molecular formula is C20H16N6. The van der Waals surface area contributed by atoms with Crippen LogP contribution < -0.4 is 0 Å². The number of nitrogens with one attached hydrogen (secondary N) is 1. The molecule has 0 spiro atoms. The molecule has 3 aromatic heterocycles. The van der Waals surface area contributed by atoms with Crippen LogP contribution in [0.1, 0.15) is 5.56 Å². The zero-order valence-electron chi connectivity index (χ0n) is 13.9. The Balaban J connectivity index is 1.54. The van der Waals surface area contributed by atoms with Gasteiger partial charge in [-0.1, -0.05) is 18.2 Å². The standard InChI is InChI=1S/C20H16N6/c1-3-15(14-25-9-2-7-23-25)11-16(4-1)20-21-8-10-26(20)18-6-5-17-13-22-24-19(17)12-18/h1-13H,14H2,(H,22,24). The fraction of sp³-hybridized carbons (Fsp3) is 0.0500. The Morgan fingerprint density at radius 3 is 2.88 bits per heavy atom. The summed E-state index contributed by atoms with van der Waals surface area (Å²) in [7, 11) is 0. The summed E-state index contributed by atoms with van der Waals surface area (Å²) in [6.07, 6.45) is 9.39. The summed E-state index contributed by atoms with van der Waals surface area (Å²) in [5.74, 6) is 0.909. The number of hydrogen-bond donors (Lipinski definition) is 1. The Morgan fingerprint density at radius 1 is 0.962 bits per heavy atom. The van der Waals surface area contributed by atoms with Gasteiger partial charge in [-0.2, -0.15) is 10.2 Å². The fourth-order valence-electron chi connectivity index (χ4n) is 3.19. The van der Waals surface area contributed by atoms with E-state index in [4.69, 9.17) is 0 Å². The molecule has 0 atom stereocenters. The Labute approximate surface area is 149 Å². The molecule has 0 aliphatic rings. The smallest absolute Gasteiger partial charge is 0.144 e. The molecule has 5 rings (SSSR count). The van der Waals surface area contributed by atoms with Crippen LogP contribution in [0.3, 0.4) is 0 Å². The molecule has 0 fully saturated rings. The molecule has 0 bridgehead atoms. The lowest BCUT2D eigenvalue weighted by Crippen LogP contribution is -2.01. The van der Waals surface area contributed by atoms with Gasteiger partial charge in [0.15, 0.2) is 0 Å². The summed E-state index contributed by atoms with van der Waals surface area (Å²) in [5, 5.41) is 12.5. The molecule has 0 aliphatic heterocycles. The number of hydrogen-bond acceptors (Lipinski definition) is 3. The van der Waals surface area contributed by atoms with Crippen LogP contribution in [0.15, 0.2) is 79.5 Å². The fourth-order valence-corrected chi connectivity index (χ4v) is 3.19. The average molecular weight is 340 g/mol. The van der Waals surface area contributed by atoms with E-state index in [1.165, 1.54) is 5.56 Å². The molecule has 0 unspecified atom stereocenters. The van der Waals surface area contributed by atoms with Crippen molar-refractivity contribution >= 4 is 10.9 Å². The van der Waals surface area contributed by atoms with Crippen LogP contribution in [-0.2, 0) is 6.54 Å². The molecule has 0 saturated carbocycles. The first-order chi connectivity index (χ1) is 12.9. The number of nitrogens with zero attached hydrogens (tertiary/aromatic N) is 5.